The molecular formula is C26H33N3O3S. The van der Waals surface area contributed by atoms with Crippen molar-refractivity contribution in [2.45, 2.75) is 64.1 Å². The van der Waals surface area contributed by atoms with Crippen molar-refractivity contribution >= 4 is 21.6 Å². The first-order valence-corrected chi connectivity index (χ1v) is 13.2. The molecule has 0 radical (unpaired) electrons. The summed E-state index contributed by atoms with van der Waals surface area (Å²) >= 11 is 0. The predicted octanol–water partition coefficient (Wildman–Crippen LogP) is 4.38. The van der Waals surface area contributed by atoms with Gasteiger partial charge in [-0.2, -0.15) is 4.31 Å². The number of hydrogen-bond donors (Lipinski definition) is 2. The summed E-state index contributed by atoms with van der Waals surface area (Å²) < 4.78 is 28.7. The van der Waals surface area contributed by atoms with Gasteiger partial charge in [0.1, 0.15) is 4.90 Å². The first-order chi connectivity index (χ1) is 15.6. The molecule has 2 aromatic rings. The highest BCUT2D eigenvalue weighted by atomic mass is 32.2. The van der Waals surface area contributed by atoms with Crippen LogP contribution in [0.4, 0.5) is 5.69 Å². The lowest BCUT2D eigenvalue weighted by Gasteiger charge is -2.43. The van der Waals surface area contributed by atoms with Crippen LogP contribution in [0, 0.1) is 16.7 Å². The average molecular weight is 468 g/mol. The van der Waals surface area contributed by atoms with Gasteiger partial charge in [0.15, 0.2) is 0 Å². The molecule has 2 bridgehead atoms. The average Bonchev–Trinajstić information content (AvgIpc) is 3.45. The summed E-state index contributed by atoms with van der Waals surface area (Å²) in [4.78, 5) is 13.5. The van der Waals surface area contributed by atoms with E-state index in [2.05, 4.69) is 31.4 Å². The number of hydrogen-bond acceptors (Lipinski definition) is 4. The molecule has 0 aromatic heterocycles. The third kappa shape index (κ3) is 3.48. The molecular weight excluding hydrogens is 434 g/mol. The van der Waals surface area contributed by atoms with E-state index in [9.17, 15) is 13.2 Å². The highest BCUT2D eigenvalue weighted by Crippen LogP contribution is 2.62. The summed E-state index contributed by atoms with van der Waals surface area (Å²) in [7, 11) is -2.09. The van der Waals surface area contributed by atoms with Crippen LogP contribution >= 0.6 is 0 Å². The standard InChI is InChI=1S/C26H33N3O3S/c1-25(2)20-11-12-26(3,14-20)24(25)28-23(30)17-9-10-21(27-4)22(13-17)33(31,32)29-15-18-7-5-6-8-19(18)16-29/h5-10,13,20,24,27H,11-12,14-16H2,1-4H3,(H,28,30)/t20-,24?,26-/m1/s1. The SMILES string of the molecule is CNc1ccc(C(=O)NC2C(C)(C)[C@@H]3CC[C@]2(C)C3)cc1S(=O)(=O)N1Cc2ccccc2C1. The molecule has 5 rings (SSSR count). The van der Waals surface area contributed by atoms with Crippen LogP contribution in [0.25, 0.3) is 0 Å². The van der Waals surface area contributed by atoms with Crippen LogP contribution in [-0.2, 0) is 23.1 Å². The summed E-state index contributed by atoms with van der Waals surface area (Å²) in [5.41, 5.74) is 3.05. The molecule has 2 aliphatic carbocycles. The number of anilines is 1. The Morgan fingerprint density at radius 1 is 1.06 bits per heavy atom. The minimum absolute atomic E-state index is 0.0316. The number of carbonyl (C=O) groups is 1. The van der Waals surface area contributed by atoms with Crippen LogP contribution in [0.3, 0.4) is 0 Å². The number of benzene rings is 2. The second-order valence-electron chi connectivity index (χ2n) is 10.8. The lowest BCUT2D eigenvalue weighted by molar-refractivity contribution is 0.0737. The molecule has 7 heteroatoms. The highest BCUT2D eigenvalue weighted by Gasteiger charge is 2.59. The monoisotopic (exact) mass is 467 g/mol. The zero-order chi connectivity index (χ0) is 23.6. The van der Waals surface area contributed by atoms with Crippen LogP contribution in [0.1, 0.15) is 61.5 Å². The number of amides is 1. The van der Waals surface area contributed by atoms with Gasteiger partial charge in [-0.05, 0) is 65.3 Å². The number of sulfonamides is 1. The summed E-state index contributed by atoms with van der Waals surface area (Å²) in [5, 5.41) is 6.28. The first kappa shape index (κ1) is 22.4. The molecule has 0 saturated heterocycles. The number of nitrogens with one attached hydrogen (secondary N) is 2. The van der Waals surface area contributed by atoms with Crippen LogP contribution in [0.2, 0.25) is 0 Å². The van der Waals surface area contributed by atoms with Crippen molar-refractivity contribution in [2.75, 3.05) is 12.4 Å². The second-order valence-corrected chi connectivity index (χ2v) is 12.7. The van der Waals surface area contributed by atoms with Crippen molar-refractivity contribution in [1.29, 1.82) is 0 Å². The molecule has 33 heavy (non-hydrogen) atoms. The van der Waals surface area contributed by atoms with E-state index in [0.717, 1.165) is 24.0 Å². The lowest BCUT2D eigenvalue weighted by atomic mass is 9.68. The normalized spacial score (nSPS) is 28.0. The van der Waals surface area contributed by atoms with Gasteiger partial charge in [-0.15, -0.1) is 0 Å². The Kier molecular flexibility index (Phi) is 5.14. The molecule has 2 N–H and O–H groups in total. The van der Waals surface area contributed by atoms with Gasteiger partial charge in [-0.3, -0.25) is 4.79 Å². The molecule has 0 spiro atoms. The minimum Gasteiger partial charge on any atom is -0.387 e. The van der Waals surface area contributed by atoms with Gasteiger partial charge in [0.2, 0.25) is 10.0 Å². The van der Waals surface area contributed by atoms with E-state index in [-0.39, 0.29) is 27.7 Å². The van der Waals surface area contributed by atoms with Crippen molar-refractivity contribution in [3.8, 4) is 0 Å². The maximum absolute atomic E-state index is 13.6. The number of rotatable bonds is 5. The third-order valence-corrected chi connectivity index (χ3v) is 10.3. The van der Waals surface area contributed by atoms with Crippen molar-refractivity contribution in [3.05, 3.63) is 59.2 Å². The molecule has 1 amide bonds. The zero-order valence-electron chi connectivity index (χ0n) is 19.8. The fourth-order valence-corrected chi connectivity index (χ4v) is 8.19. The van der Waals surface area contributed by atoms with Gasteiger partial charge in [-0.1, -0.05) is 45.0 Å². The zero-order valence-corrected chi connectivity index (χ0v) is 20.6. The summed E-state index contributed by atoms with van der Waals surface area (Å²) in [6, 6.07) is 12.8. The Hall–Kier alpha value is -2.38. The van der Waals surface area contributed by atoms with Crippen LogP contribution in [-0.4, -0.2) is 31.7 Å². The topological polar surface area (TPSA) is 78.5 Å². The smallest absolute Gasteiger partial charge is 0.251 e. The minimum atomic E-state index is -3.78. The molecule has 1 aliphatic heterocycles. The molecule has 2 fully saturated rings. The molecule has 1 heterocycles. The van der Waals surface area contributed by atoms with E-state index in [1.54, 1.807) is 19.2 Å². The van der Waals surface area contributed by atoms with E-state index in [1.165, 1.54) is 16.8 Å². The van der Waals surface area contributed by atoms with Gasteiger partial charge in [0, 0.05) is 31.7 Å². The van der Waals surface area contributed by atoms with Crippen LogP contribution < -0.4 is 10.6 Å². The van der Waals surface area contributed by atoms with Crippen LogP contribution in [0.5, 0.6) is 0 Å². The Morgan fingerprint density at radius 2 is 1.73 bits per heavy atom. The molecule has 1 unspecified atom stereocenters. The number of fused-ring (bicyclic) bond motifs is 3. The molecule has 176 valence electrons. The van der Waals surface area contributed by atoms with E-state index in [4.69, 9.17) is 0 Å². The maximum atomic E-state index is 13.6. The quantitative estimate of drug-likeness (QED) is 0.684. The first-order valence-electron chi connectivity index (χ1n) is 11.8. The van der Waals surface area contributed by atoms with Crippen LogP contribution in [0.15, 0.2) is 47.4 Å². The van der Waals surface area contributed by atoms with Gasteiger partial charge in [-0.25, -0.2) is 8.42 Å². The van der Waals surface area contributed by atoms with Crippen molar-refractivity contribution in [3.63, 3.8) is 0 Å². The van der Waals surface area contributed by atoms with E-state index in [0.29, 0.717) is 30.3 Å². The van der Waals surface area contributed by atoms with Gasteiger partial charge < -0.3 is 10.6 Å². The Morgan fingerprint density at radius 3 is 2.30 bits per heavy atom. The summed E-state index contributed by atoms with van der Waals surface area (Å²) in [5.74, 6) is 0.415. The second kappa shape index (κ2) is 7.57. The highest BCUT2D eigenvalue weighted by molar-refractivity contribution is 7.89. The largest absolute Gasteiger partial charge is 0.387 e. The van der Waals surface area contributed by atoms with Crippen molar-refractivity contribution < 1.29 is 13.2 Å². The molecule has 2 aromatic carbocycles. The van der Waals surface area contributed by atoms with E-state index < -0.39 is 10.0 Å². The Bertz CT molecular complexity index is 1190. The molecule has 3 aliphatic rings. The fourth-order valence-electron chi connectivity index (χ4n) is 6.57. The van der Waals surface area contributed by atoms with Gasteiger partial charge >= 0.3 is 0 Å². The Labute approximate surface area is 196 Å². The molecule has 6 nitrogen and oxygen atoms in total. The summed E-state index contributed by atoms with van der Waals surface area (Å²) in [6.45, 7) is 7.45. The lowest BCUT2D eigenvalue weighted by Crippen LogP contribution is -2.52. The van der Waals surface area contributed by atoms with E-state index >= 15 is 0 Å². The maximum Gasteiger partial charge on any atom is 0.251 e. The van der Waals surface area contributed by atoms with Gasteiger partial charge in [0.05, 0.1) is 5.69 Å². The van der Waals surface area contributed by atoms with Crippen molar-refractivity contribution in [1.82, 2.24) is 9.62 Å². The number of carbonyl (C=O) groups excluding carboxylic acids is 1. The fraction of sp³-hybridized carbons (Fsp3) is 0.500. The summed E-state index contributed by atoms with van der Waals surface area (Å²) in [6.07, 6.45) is 3.48. The number of nitrogens with zero attached hydrogens (tertiary/aromatic N) is 1. The van der Waals surface area contributed by atoms with Crippen molar-refractivity contribution in [2.24, 2.45) is 16.7 Å². The molecule has 2 saturated carbocycles. The van der Waals surface area contributed by atoms with Gasteiger partial charge in [0.25, 0.3) is 5.91 Å². The predicted molar refractivity (Wildman–Crippen MR) is 129 cm³/mol. The molecule has 3 atom stereocenters. The Balaban J connectivity index is 1.44. The third-order valence-electron chi connectivity index (χ3n) is 8.49. The van der Waals surface area contributed by atoms with E-state index in [1.807, 2.05) is 24.3 Å².